The van der Waals surface area contributed by atoms with E-state index in [1.165, 1.54) is 16.7 Å². The molecule has 0 saturated carbocycles. The normalized spacial score (nSPS) is 21.5. The lowest BCUT2D eigenvalue weighted by Crippen LogP contribution is -2.53. The molecule has 1 unspecified atom stereocenters. The minimum absolute atomic E-state index is 0.181. The second-order valence-electron chi connectivity index (χ2n) is 4.53. The van der Waals surface area contributed by atoms with Gasteiger partial charge in [0.05, 0.1) is 19.5 Å². The number of methoxy groups -OCH3 is 1. The van der Waals surface area contributed by atoms with E-state index in [1.54, 1.807) is 14.0 Å². The molecule has 1 aromatic carbocycles. The molecule has 5 nitrogen and oxygen atoms in total. The standard InChI is InChI=1S/C14H17NO4S2/c1-3-19-12(16)14(17)9-21-13(20)15(14)8-10-4-6-11(18-2)7-5-10/h4-7,17H,3,8-9H2,1-2H3. The van der Waals surface area contributed by atoms with Gasteiger partial charge in [-0.1, -0.05) is 36.1 Å². The van der Waals surface area contributed by atoms with E-state index in [2.05, 4.69) is 0 Å². The zero-order valence-electron chi connectivity index (χ0n) is 11.9. The van der Waals surface area contributed by atoms with Crippen molar-refractivity contribution < 1.29 is 19.4 Å². The Hall–Kier alpha value is -1.31. The number of esters is 1. The van der Waals surface area contributed by atoms with Gasteiger partial charge in [-0.05, 0) is 24.6 Å². The van der Waals surface area contributed by atoms with Crippen molar-refractivity contribution in [1.29, 1.82) is 0 Å². The molecule has 0 radical (unpaired) electrons. The van der Waals surface area contributed by atoms with E-state index in [-0.39, 0.29) is 12.4 Å². The molecule has 1 aromatic rings. The van der Waals surface area contributed by atoms with Gasteiger partial charge in [0.15, 0.2) is 0 Å². The number of carbonyl (C=O) groups excluding carboxylic acids is 1. The molecule has 1 heterocycles. The molecule has 0 bridgehead atoms. The number of carbonyl (C=O) groups is 1. The van der Waals surface area contributed by atoms with Gasteiger partial charge in [-0.2, -0.15) is 0 Å². The molecule has 114 valence electrons. The number of thiocarbonyl (C=S) groups is 1. The van der Waals surface area contributed by atoms with Crippen LogP contribution in [0.5, 0.6) is 5.75 Å². The van der Waals surface area contributed by atoms with Crippen LogP contribution in [0.3, 0.4) is 0 Å². The Labute approximate surface area is 133 Å². The van der Waals surface area contributed by atoms with Crippen molar-refractivity contribution in [1.82, 2.24) is 4.90 Å². The average Bonchev–Trinajstić information content (AvgIpc) is 2.78. The van der Waals surface area contributed by atoms with Gasteiger partial charge < -0.3 is 19.5 Å². The third-order valence-corrected chi connectivity index (χ3v) is 4.75. The van der Waals surface area contributed by atoms with Crippen LogP contribution < -0.4 is 4.74 Å². The van der Waals surface area contributed by atoms with Crippen LogP contribution >= 0.6 is 24.0 Å². The Kier molecular flexibility index (Phi) is 5.08. The lowest BCUT2D eigenvalue weighted by atomic mass is 10.1. The zero-order chi connectivity index (χ0) is 15.5. The summed E-state index contributed by atoms with van der Waals surface area (Å²) < 4.78 is 10.5. The number of hydrogen-bond donors (Lipinski definition) is 1. The van der Waals surface area contributed by atoms with Gasteiger partial charge in [0.25, 0.3) is 0 Å². The molecule has 1 N–H and O–H groups in total. The lowest BCUT2D eigenvalue weighted by Gasteiger charge is -2.31. The van der Waals surface area contributed by atoms with Gasteiger partial charge in [-0.15, -0.1) is 0 Å². The largest absolute Gasteiger partial charge is 0.497 e. The van der Waals surface area contributed by atoms with E-state index in [1.807, 2.05) is 24.3 Å². The van der Waals surface area contributed by atoms with Gasteiger partial charge >= 0.3 is 5.97 Å². The zero-order valence-corrected chi connectivity index (χ0v) is 13.5. The van der Waals surface area contributed by atoms with Crippen LogP contribution in [0.25, 0.3) is 0 Å². The smallest absolute Gasteiger partial charge is 0.360 e. The monoisotopic (exact) mass is 327 g/mol. The fourth-order valence-corrected chi connectivity index (χ4v) is 3.36. The SMILES string of the molecule is CCOC(=O)C1(O)CSC(=S)N1Cc1ccc(OC)cc1. The highest BCUT2D eigenvalue weighted by Gasteiger charge is 2.50. The molecular formula is C14H17NO4S2. The summed E-state index contributed by atoms with van der Waals surface area (Å²) in [5.74, 6) is 0.268. The third-order valence-electron chi connectivity index (χ3n) is 3.17. The predicted molar refractivity (Wildman–Crippen MR) is 85.2 cm³/mol. The summed E-state index contributed by atoms with van der Waals surface area (Å²) in [5, 5.41) is 10.6. The van der Waals surface area contributed by atoms with Gasteiger partial charge in [0.2, 0.25) is 5.72 Å². The molecule has 7 heteroatoms. The fraction of sp³-hybridized carbons (Fsp3) is 0.429. The van der Waals surface area contributed by atoms with E-state index in [0.29, 0.717) is 10.9 Å². The molecule has 1 aliphatic rings. The second kappa shape index (κ2) is 6.64. The van der Waals surface area contributed by atoms with Crippen molar-refractivity contribution in [2.45, 2.75) is 19.2 Å². The molecule has 1 fully saturated rings. The minimum Gasteiger partial charge on any atom is -0.497 e. The van der Waals surface area contributed by atoms with Crippen LogP contribution in [-0.4, -0.2) is 45.5 Å². The number of nitrogens with zero attached hydrogens (tertiary/aromatic N) is 1. The Morgan fingerprint density at radius 1 is 1.48 bits per heavy atom. The molecular weight excluding hydrogens is 310 g/mol. The van der Waals surface area contributed by atoms with Gasteiger partial charge in [-0.25, -0.2) is 4.79 Å². The first-order chi connectivity index (χ1) is 10.0. The van der Waals surface area contributed by atoms with E-state index in [4.69, 9.17) is 21.7 Å². The summed E-state index contributed by atoms with van der Waals surface area (Å²) >= 11 is 6.51. The maximum atomic E-state index is 12.0. The molecule has 2 rings (SSSR count). The summed E-state index contributed by atoms with van der Waals surface area (Å²) in [7, 11) is 1.60. The molecule has 1 aliphatic heterocycles. The van der Waals surface area contributed by atoms with Crippen molar-refractivity contribution >= 4 is 34.3 Å². The first-order valence-electron chi connectivity index (χ1n) is 6.48. The highest BCUT2D eigenvalue weighted by molar-refractivity contribution is 8.23. The van der Waals surface area contributed by atoms with Crippen molar-refractivity contribution in [2.75, 3.05) is 19.5 Å². The summed E-state index contributed by atoms with van der Waals surface area (Å²) in [4.78, 5) is 13.5. The first kappa shape index (κ1) is 16.1. The van der Waals surface area contributed by atoms with E-state index < -0.39 is 11.7 Å². The highest BCUT2D eigenvalue weighted by Crippen LogP contribution is 2.34. The van der Waals surface area contributed by atoms with Crippen LogP contribution in [0.4, 0.5) is 0 Å². The average molecular weight is 327 g/mol. The van der Waals surface area contributed by atoms with Crippen LogP contribution in [0, 0.1) is 0 Å². The van der Waals surface area contributed by atoms with Crippen molar-refractivity contribution in [2.24, 2.45) is 0 Å². The minimum atomic E-state index is -1.70. The van der Waals surface area contributed by atoms with E-state index >= 15 is 0 Å². The number of thioether (sulfide) groups is 1. The summed E-state index contributed by atoms with van der Waals surface area (Å²) in [6, 6.07) is 7.39. The second-order valence-corrected chi connectivity index (χ2v) is 6.14. The Morgan fingerprint density at radius 2 is 2.14 bits per heavy atom. The topological polar surface area (TPSA) is 59.0 Å². The molecule has 1 atom stereocenters. The predicted octanol–water partition coefficient (Wildman–Crippen LogP) is 1.78. The molecule has 21 heavy (non-hydrogen) atoms. The van der Waals surface area contributed by atoms with E-state index in [0.717, 1.165) is 11.3 Å². The molecule has 0 amide bonds. The summed E-state index contributed by atoms with van der Waals surface area (Å²) in [5.41, 5.74) is -0.777. The molecule has 0 spiro atoms. The fourth-order valence-electron chi connectivity index (χ4n) is 1.99. The number of ether oxygens (including phenoxy) is 2. The van der Waals surface area contributed by atoms with Gasteiger partial charge in [0, 0.05) is 6.54 Å². The number of aliphatic hydroxyl groups is 1. The highest BCUT2D eigenvalue weighted by atomic mass is 32.2. The first-order valence-corrected chi connectivity index (χ1v) is 7.87. The van der Waals surface area contributed by atoms with Crippen LogP contribution in [0.15, 0.2) is 24.3 Å². The van der Waals surface area contributed by atoms with Crippen molar-refractivity contribution in [3.05, 3.63) is 29.8 Å². The van der Waals surface area contributed by atoms with Gasteiger partial charge in [-0.3, -0.25) is 0 Å². The van der Waals surface area contributed by atoms with Gasteiger partial charge in [0.1, 0.15) is 10.1 Å². The Bertz CT molecular complexity index is 534. The van der Waals surface area contributed by atoms with Crippen LogP contribution in [0.1, 0.15) is 12.5 Å². The Morgan fingerprint density at radius 3 is 2.71 bits per heavy atom. The summed E-state index contributed by atoms with van der Waals surface area (Å²) in [6.07, 6.45) is 0. The molecule has 0 aromatic heterocycles. The molecule has 0 aliphatic carbocycles. The van der Waals surface area contributed by atoms with Crippen molar-refractivity contribution in [3.8, 4) is 5.75 Å². The third kappa shape index (κ3) is 3.30. The summed E-state index contributed by atoms with van der Waals surface area (Å²) in [6.45, 7) is 2.26. The maximum absolute atomic E-state index is 12.0. The number of benzene rings is 1. The van der Waals surface area contributed by atoms with E-state index in [9.17, 15) is 9.90 Å². The lowest BCUT2D eigenvalue weighted by molar-refractivity contribution is -0.175. The number of hydrogen-bond acceptors (Lipinski definition) is 6. The quantitative estimate of drug-likeness (QED) is 0.653. The Balaban J connectivity index is 2.18. The van der Waals surface area contributed by atoms with Crippen LogP contribution in [0.2, 0.25) is 0 Å². The van der Waals surface area contributed by atoms with Crippen molar-refractivity contribution in [3.63, 3.8) is 0 Å². The molecule has 1 saturated heterocycles. The maximum Gasteiger partial charge on any atom is 0.360 e. The van der Waals surface area contributed by atoms with Crippen LogP contribution in [-0.2, 0) is 16.1 Å². The number of rotatable bonds is 5.